The Hall–Kier alpha value is -2.73. The quantitative estimate of drug-likeness (QED) is 0.805. The van der Waals surface area contributed by atoms with Crippen LogP contribution in [0.2, 0.25) is 0 Å². The average molecular weight is 384 g/mol. The van der Waals surface area contributed by atoms with Gasteiger partial charge >= 0.3 is 0 Å². The van der Waals surface area contributed by atoms with E-state index in [4.69, 9.17) is 0 Å². The van der Waals surface area contributed by atoms with Crippen molar-refractivity contribution >= 4 is 11.8 Å². The van der Waals surface area contributed by atoms with Gasteiger partial charge in [0.1, 0.15) is 5.82 Å². The first-order chi connectivity index (χ1) is 13.5. The van der Waals surface area contributed by atoms with E-state index >= 15 is 0 Å². The first kappa shape index (κ1) is 20.0. The molecule has 1 heterocycles. The minimum Gasteiger partial charge on any atom is -0.394 e. The predicted octanol–water partition coefficient (Wildman–Crippen LogP) is 2.69. The molecule has 5 nitrogen and oxygen atoms in total. The van der Waals surface area contributed by atoms with Crippen LogP contribution in [0.15, 0.2) is 48.5 Å². The molecule has 0 bridgehead atoms. The molecule has 148 valence electrons. The zero-order valence-electron chi connectivity index (χ0n) is 16.1. The number of benzene rings is 2. The van der Waals surface area contributed by atoms with Crippen molar-refractivity contribution in [3.8, 4) is 11.1 Å². The van der Waals surface area contributed by atoms with E-state index in [0.717, 1.165) is 16.7 Å². The van der Waals surface area contributed by atoms with Crippen LogP contribution >= 0.6 is 0 Å². The smallest absolute Gasteiger partial charge is 0.222 e. The van der Waals surface area contributed by atoms with E-state index in [1.54, 1.807) is 24.0 Å². The van der Waals surface area contributed by atoms with Crippen LogP contribution in [0.5, 0.6) is 0 Å². The van der Waals surface area contributed by atoms with Gasteiger partial charge in [-0.25, -0.2) is 4.39 Å². The number of amides is 2. The fourth-order valence-electron chi connectivity index (χ4n) is 3.96. The predicted molar refractivity (Wildman–Crippen MR) is 105 cm³/mol. The number of carbonyl (C=O) groups excluding carboxylic acids is 2. The highest BCUT2D eigenvalue weighted by Crippen LogP contribution is 2.41. The molecule has 1 saturated heterocycles. The molecular formula is C22H25FN2O3. The number of aliphatic hydroxyl groups excluding tert-OH is 1. The number of likely N-dealkylation sites (tertiary alicyclic amines) is 1. The van der Waals surface area contributed by atoms with Gasteiger partial charge in [-0.2, -0.15) is 0 Å². The van der Waals surface area contributed by atoms with Gasteiger partial charge in [0.05, 0.1) is 18.7 Å². The Morgan fingerprint density at radius 1 is 1.04 bits per heavy atom. The molecule has 0 unspecified atom stereocenters. The highest BCUT2D eigenvalue weighted by Gasteiger charge is 2.50. The van der Waals surface area contributed by atoms with Gasteiger partial charge in [-0.05, 0) is 28.8 Å². The average Bonchev–Trinajstić information content (AvgIpc) is 2.68. The standard InChI is InChI=1S/C22H25FN2O3/c1-3-21(28)25-19(12-24-14(2)27)22(20(25)13-26)17-6-4-15(5-7-17)16-8-10-18(23)11-9-16/h4-11,19-20,22,26H,3,12-13H2,1-2H3,(H,24,27)/t19-,20+,22-/m0/s1. The van der Waals surface area contributed by atoms with Crippen molar-refractivity contribution < 1.29 is 19.1 Å². The van der Waals surface area contributed by atoms with E-state index in [0.29, 0.717) is 13.0 Å². The monoisotopic (exact) mass is 384 g/mol. The molecule has 0 radical (unpaired) electrons. The van der Waals surface area contributed by atoms with Gasteiger partial charge in [0.25, 0.3) is 0 Å². The number of nitrogens with one attached hydrogen (secondary N) is 1. The number of hydrogen-bond acceptors (Lipinski definition) is 3. The van der Waals surface area contributed by atoms with Crippen LogP contribution < -0.4 is 5.32 Å². The molecule has 2 N–H and O–H groups in total. The molecular weight excluding hydrogens is 359 g/mol. The fraction of sp³-hybridized carbons (Fsp3) is 0.364. The summed E-state index contributed by atoms with van der Waals surface area (Å²) in [6, 6.07) is 13.7. The van der Waals surface area contributed by atoms with Gasteiger partial charge in [0.2, 0.25) is 11.8 Å². The Bertz CT molecular complexity index is 836. The second-order valence-corrected chi connectivity index (χ2v) is 7.06. The van der Waals surface area contributed by atoms with Crippen molar-refractivity contribution in [3.63, 3.8) is 0 Å². The minimum absolute atomic E-state index is 0.0337. The number of carbonyl (C=O) groups is 2. The van der Waals surface area contributed by atoms with Crippen LogP contribution in [0.3, 0.4) is 0 Å². The summed E-state index contributed by atoms with van der Waals surface area (Å²) in [5, 5.41) is 12.7. The molecule has 2 aromatic carbocycles. The Labute approximate surface area is 164 Å². The normalized spacial score (nSPS) is 21.1. The molecule has 0 spiro atoms. The summed E-state index contributed by atoms with van der Waals surface area (Å²) in [4.78, 5) is 25.4. The zero-order chi connectivity index (χ0) is 20.3. The van der Waals surface area contributed by atoms with E-state index in [-0.39, 0.29) is 42.2 Å². The molecule has 2 aromatic rings. The van der Waals surface area contributed by atoms with Crippen LogP contribution in [-0.4, -0.2) is 47.1 Å². The van der Waals surface area contributed by atoms with Crippen molar-refractivity contribution in [2.24, 2.45) is 0 Å². The largest absolute Gasteiger partial charge is 0.394 e. The molecule has 1 fully saturated rings. The SMILES string of the molecule is CCC(=O)N1[C@H](CO)[C@@H](c2ccc(-c3ccc(F)cc3)cc2)[C@@H]1CNC(C)=O. The summed E-state index contributed by atoms with van der Waals surface area (Å²) in [6.45, 7) is 3.45. The molecule has 28 heavy (non-hydrogen) atoms. The van der Waals surface area contributed by atoms with Crippen LogP contribution in [0.25, 0.3) is 11.1 Å². The maximum atomic E-state index is 13.1. The molecule has 0 aromatic heterocycles. The van der Waals surface area contributed by atoms with Crippen molar-refractivity contribution in [1.29, 1.82) is 0 Å². The lowest BCUT2D eigenvalue weighted by molar-refractivity contribution is -0.150. The van der Waals surface area contributed by atoms with E-state index in [1.165, 1.54) is 19.1 Å². The summed E-state index contributed by atoms with van der Waals surface area (Å²) in [6.07, 6.45) is 0.350. The van der Waals surface area contributed by atoms with Crippen molar-refractivity contribution in [2.75, 3.05) is 13.2 Å². The summed E-state index contributed by atoms with van der Waals surface area (Å²) >= 11 is 0. The maximum absolute atomic E-state index is 13.1. The van der Waals surface area contributed by atoms with E-state index < -0.39 is 0 Å². The van der Waals surface area contributed by atoms with E-state index in [2.05, 4.69) is 5.32 Å². The van der Waals surface area contributed by atoms with Gasteiger partial charge in [0.15, 0.2) is 0 Å². The second-order valence-electron chi connectivity index (χ2n) is 7.06. The fourth-order valence-corrected chi connectivity index (χ4v) is 3.96. The summed E-state index contributed by atoms with van der Waals surface area (Å²) in [5.74, 6) is -0.521. The molecule has 1 aliphatic rings. The Balaban J connectivity index is 1.85. The Kier molecular flexibility index (Phi) is 6.09. The molecule has 2 amide bonds. The van der Waals surface area contributed by atoms with E-state index in [9.17, 15) is 19.1 Å². The Morgan fingerprint density at radius 3 is 2.11 bits per heavy atom. The van der Waals surface area contributed by atoms with Crippen LogP contribution in [0, 0.1) is 5.82 Å². The first-order valence-electron chi connectivity index (χ1n) is 9.48. The number of halogens is 1. The van der Waals surface area contributed by atoms with Gasteiger partial charge < -0.3 is 15.3 Å². The lowest BCUT2D eigenvalue weighted by Crippen LogP contribution is -2.68. The first-order valence-corrected chi connectivity index (χ1v) is 9.48. The van der Waals surface area contributed by atoms with Gasteiger partial charge in [-0.3, -0.25) is 9.59 Å². The minimum atomic E-state index is -0.303. The molecule has 3 rings (SSSR count). The Morgan fingerprint density at radius 2 is 1.61 bits per heavy atom. The third-order valence-corrected chi connectivity index (χ3v) is 5.35. The highest BCUT2D eigenvalue weighted by molar-refractivity contribution is 5.79. The lowest BCUT2D eigenvalue weighted by atomic mass is 9.74. The van der Waals surface area contributed by atoms with Crippen molar-refractivity contribution in [1.82, 2.24) is 10.2 Å². The molecule has 6 heteroatoms. The number of hydrogen-bond donors (Lipinski definition) is 2. The summed E-state index contributed by atoms with van der Waals surface area (Å²) in [5.41, 5.74) is 2.88. The third-order valence-electron chi connectivity index (χ3n) is 5.35. The van der Waals surface area contributed by atoms with Gasteiger partial charge in [0, 0.05) is 25.8 Å². The summed E-state index contributed by atoms with van der Waals surface area (Å²) in [7, 11) is 0. The number of aliphatic hydroxyl groups is 1. The molecule has 0 aliphatic carbocycles. The third kappa shape index (κ3) is 3.92. The lowest BCUT2D eigenvalue weighted by Gasteiger charge is -2.55. The highest BCUT2D eigenvalue weighted by atomic mass is 19.1. The topological polar surface area (TPSA) is 69.6 Å². The van der Waals surface area contributed by atoms with Crippen molar-refractivity contribution in [2.45, 2.75) is 38.3 Å². The maximum Gasteiger partial charge on any atom is 0.222 e. The molecule has 1 aliphatic heterocycles. The number of rotatable bonds is 6. The van der Waals surface area contributed by atoms with E-state index in [1.807, 2.05) is 24.3 Å². The molecule has 3 atom stereocenters. The van der Waals surface area contributed by atoms with Crippen LogP contribution in [-0.2, 0) is 9.59 Å². The van der Waals surface area contributed by atoms with Gasteiger partial charge in [-0.15, -0.1) is 0 Å². The molecule has 0 saturated carbocycles. The second kappa shape index (κ2) is 8.52. The van der Waals surface area contributed by atoms with Gasteiger partial charge in [-0.1, -0.05) is 43.3 Å². The summed E-state index contributed by atoms with van der Waals surface area (Å²) < 4.78 is 13.1. The number of nitrogens with zero attached hydrogens (tertiary/aromatic N) is 1. The van der Waals surface area contributed by atoms with Crippen LogP contribution in [0.4, 0.5) is 4.39 Å². The zero-order valence-corrected chi connectivity index (χ0v) is 16.1. The van der Waals surface area contributed by atoms with Crippen molar-refractivity contribution in [3.05, 3.63) is 59.9 Å². The van der Waals surface area contributed by atoms with Crippen LogP contribution in [0.1, 0.15) is 31.7 Å².